The molecule has 0 aliphatic carbocycles. The molecule has 112 valence electrons. The van der Waals surface area contributed by atoms with E-state index in [2.05, 4.69) is 30.1 Å². The molecular formula is C14H21ClCuNO2. The number of ether oxygens (including phenoxy) is 2. The van der Waals surface area contributed by atoms with Crippen molar-refractivity contribution in [3.63, 3.8) is 0 Å². The normalized spacial score (nSPS) is 15.4. The van der Waals surface area contributed by atoms with Crippen LogP contribution in [0, 0.1) is 0 Å². The SMILES string of the molecule is COc1ccc(OCCN2CCCCC2)cc1.[Cl][Cu]. The van der Waals surface area contributed by atoms with Gasteiger partial charge in [0.15, 0.2) is 0 Å². The van der Waals surface area contributed by atoms with Crippen molar-refractivity contribution in [2.75, 3.05) is 33.4 Å². The zero-order valence-electron chi connectivity index (χ0n) is 11.2. The molecule has 0 spiro atoms. The van der Waals surface area contributed by atoms with Gasteiger partial charge in [0.25, 0.3) is 0 Å². The van der Waals surface area contributed by atoms with Gasteiger partial charge < -0.3 is 9.47 Å². The molecule has 1 aliphatic rings. The maximum absolute atomic E-state index is 5.71. The Morgan fingerprint density at radius 3 is 2.21 bits per heavy atom. The first-order valence-corrected chi connectivity index (χ1v) is 7.78. The number of nitrogens with zero attached hydrogens (tertiary/aromatic N) is 1. The van der Waals surface area contributed by atoms with Crippen molar-refractivity contribution in [2.45, 2.75) is 19.3 Å². The molecule has 1 saturated heterocycles. The minimum absolute atomic E-state index is 0.770. The molecule has 0 saturated carbocycles. The average Bonchev–Trinajstić information content (AvgIpc) is 2.51. The van der Waals surface area contributed by atoms with E-state index in [1.165, 1.54) is 32.4 Å². The Morgan fingerprint density at radius 2 is 1.63 bits per heavy atom. The molecule has 0 amide bonds. The van der Waals surface area contributed by atoms with Crippen LogP contribution in [-0.2, 0) is 15.1 Å². The first-order valence-electron chi connectivity index (χ1n) is 6.49. The van der Waals surface area contributed by atoms with E-state index in [0.717, 1.165) is 24.7 Å². The Balaban J connectivity index is 0.000000861. The topological polar surface area (TPSA) is 21.7 Å². The summed E-state index contributed by atoms with van der Waals surface area (Å²) >= 11 is 3.66. The van der Waals surface area contributed by atoms with E-state index in [1.807, 2.05) is 24.3 Å². The van der Waals surface area contributed by atoms with E-state index < -0.39 is 0 Å². The number of halogens is 1. The van der Waals surface area contributed by atoms with Crippen LogP contribution in [0.25, 0.3) is 0 Å². The van der Waals surface area contributed by atoms with Crippen LogP contribution in [0.15, 0.2) is 24.3 Å². The van der Waals surface area contributed by atoms with Crippen LogP contribution < -0.4 is 9.47 Å². The molecule has 0 unspecified atom stereocenters. The van der Waals surface area contributed by atoms with Gasteiger partial charge in [-0.25, -0.2) is 0 Å². The van der Waals surface area contributed by atoms with Gasteiger partial charge in [-0.15, -0.1) is 0 Å². The third-order valence-corrected chi connectivity index (χ3v) is 3.18. The molecule has 0 bridgehead atoms. The van der Waals surface area contributed by atoms with Crippen LogP contribution >= 0.6 is 10.1 Å². The quantitative estimate of drug-likeness (QED) is 0.772. The zero-order chi connectivity index (χ0) is 13.9. The summed E-state index contributed by atoms with van der Waals surface area (Å²) in [6.07, 6.45) is 4.06. The van der Waals surface area contributed by atoms with E-state index >= 15 is 0 Å². The van der Waals surface area contributed by atoms with Crippen molar-refractivity contribution in [3.05, 3.63) is 24.3 Å². The summed E-state index contributed by atoms with van der Waals surface area (Å²) in [6.45, 7) is 4.26. The summed E-state index contributed by atoms with van der Waals surface area (Å²) in [4.78, 5) is 2.48. The maximum atomic E-state index is 5.71. The van der Waals surface area contributed by atoms with Crippen LogP contribution in [0.5, 0.6) is 11.5 Å². The van der Waals surface area contributed by atoms with Gasteiger partial charge in [-0.1, -0.05) is 6.42 Å². The van der Waals surface area contributed by atoms with E-state index in [0.29, 0.717) is 0 Å². The van der Waals surface area contributed by atoms with Gasteiger partial charge in [0, 0.05) is 6.54 Å². The molecule has 1 aromatic carbocycles. The van der Waals surface area contributed by atoms with Crippen LogP contribution in [0.1, 0.15) is 19.3 Å². The third-order valence-electron chi connectivity index (χ3n) is 3.18. The van der Waals surface area contributed by atoms with Crippen LogP contribution in [0.4, 0.5) is 0 Å². The van der Waals surface area contributed by atoms with Crippen molar-refractivity contribution in [2.24, 2.45) is 0 Å². The van der Waals surface area contributed by atoms with Crippen molar-refractivity contribution >= 4 is 10.1 Å². The second-order valence-corrected chi connectivity index (χ2v) is 4.43. The van der Waals surface area contributed by atoms with Gasteiger partial charge in [-0.2, -0.15) is 0 Å². The monoisotopic (exact) mass is 333 g/mol. The van der Waals surface area contributed by atoms with E-state index in [9.17, 15) is 0 Å². The Hall–Kier alpha value is -0.411. The van der Waals surface area contributed by atoms with Crippen molar-refractivity contribution < 1.29 is 24.6 Å². The molecule has 1 heterocycles. The molecule has 2 rings (SSSR count). The van der Waals surface area contributed by atoms with Gasteiger partial charge in [0.2, 0.25) is 0 Å². The molecule has 5 heteroatoms. The molecule has 1 fully saturated rings. The third kappa shape index (κ3) is 6.53. The number of piperidine rings is 1. The minimum atomic E-state index is 0.770. The summed E-state index contributed by atoms with van der Waals surface area (Å²) in [5.41, 5.74) is 0. The number of likely N-dealkylation sites (tertiary alicyclic amines) is 1. The zero-order valence-corrected chi connectivity index (χ0v) is 12.9. The fraction of sp³-hybridized carbons (Fsp3) is 0.571. The predicted octanol–water partition coefficient (Wildman–Crippen LogP) is 3.25. The Morgan fingerprint density at radius 1 is 1.05 bits per heavy atom. The first-order chi connectivity index (χ1) is 9.38. The summed E-state index contributed by atoms with van der Waals surface area (Å²) in [7, 11) is 5.87. The van der Waals surface area contributed by atoms with E-state index in [-0.39, 0.29) is 0 Å². The van der Waals surface area contributed by atoms with Gasteiger partial charge in [-0.05, 0) is 50.2 Å². The van der Waals surface area contributed by atoms with Gasteiger partial charge >= 0.3 is 25.2 Å². The second kappa shape index (κ2) is 10.4. The molecule has 0 atom stereocenters. The Labute approximate surface area is 128 Å². The number of rotatable bonds is 5. The van der Waals surface area contributed by atoms with E-state index in [1.54, 1.807) is 7.11 Å². The second-order valence-electron chi connectivity index (χ2n) is 4.43. The number of methoxy groups -OCH3 is 1. The van der Waals surface area contributed by atoms with Gasteiger partial charge in [0.05, 0.1) is 7.11 Å². The molecular weight excluding hydrogens is 313 g/mol. The summed E-state index contributed by atoms with van der Waals surface area (Å²) in [5, 5.41) is 0. The standard InChI is InChI=1S/C14H21NO2.ClH.Cu/c1-16-13-5-7-14(8-6-13)17-12-11-15-9-3-2-4-10-15;;/h5-8H,2-4,9-12H2,1H3;1H;/q;;+1/p-1. The van der Waals surface area contributed by atoms with Crippen LogP contribution in [0.2, 0.25) is 0 Å². The van der Waals surface area contributed by atoms with Crippen LogP contribution in [-0.4, -0.2) is 38.3 Å². The van der Waals surface area contributed by atoms with E-state index in [4.69, 9.17) is 9.47 Å². The van der Waals surface area contributed by atoms with Crippen molar-refractivity contribution in [1.82, 2.24) is 4.90 Å². The summed E-state index contributed by atoms with van der Waals surface area (Å²) < 4.78 is 10.8. The molecule has 1 aromatic rings. The molecule has 19 heavy (non-hydrogen) atoms. The molecule has 1 aliphatic heterocycles. The fourth-order valence-electron chi connectivity index (χ4n) is 2.15. The van der Waals surface area contributed by atoms with Crippen molar-refractivity contribution in [3.8, 4) is 11.5 Å². The number of benzene rings is 1. The van der Waals surface area contributed by atoms with Gasteiger partial charge in [-0.3, -0.25) is 4.90 Å². The number of hydrogen-bond acceptors (Lipinski definition) is 3. The van der Waals surface area contributed by atoms with Crippen LogP contribution in [0.3, 0.4) is 0 Å². The molecule has 0 N–H and O–H groups in total. The molecule has 0 aromatic heterocycles. The number of hydrogen-bond donors (Lipinski definition) is 0. The predicted molar refractivity (Wildman–Crippen MR) is 74.6 cm³/mol. The first kappa shape index (κ1) is 16.6. The summed E-state index contributed by atoms with van der Waals surface area (Å²) in [5.74, 6) is 1.79. The molecule has 0 radical (unpaired) electrons. The van der Waals surface area contributed by atoms with Gasteiger partial charge in [0.1, 0.15) is 18.1 Å². The van der Waals surface area contributed by atoms with Crippen molar-refractivity contribution in [1.29, 1.82) is 0 Å². The molecule has 3 nitrogen and oxygen atoms in total. The average molecular weight is 334 g/mol. The Kier molecular flexibility index (Phi) is 9.10. The fourth-order valence-corrected chi connectivity index (χ4v) is 2.15. The Bertz CT molecular complexity index is 329. The summed E-state index contributed by atoms with van der Waals surface area (Å²) in [6, 6.07) is 7.76.